The van der Waals surface area contributed by atoms with Crippen LogP contribution in [0, 0.1) is 18.8 Å². The first-order valence-corrected chi connectivity index (χ1v) is 6.59. The summed E-state index contributed by atoms with van der Waals surface area (Å²) in [6.45, 7) is 3.28. The van der Waals surface area contributed by atoms with E-state index in [1.165, 1.54) is 4.90 Å². The number of amides is 2. The number of carbonyl (C=O) groups is 2. The van der Waals surface area contributed by atoms with E-state index in [1.807, 2.05) is 6.92 Å². The van der Waals surface area contributed by atoms with Crippen molar-refractivity contribution in [3.63, 3.8) is 0 Å². The fourth-order valence-electron chi connectivity index (χ4n) is 1.76. The van der Waals surface area contributed by atoms with Crippen molar-refractivity contribution in [3.05, 3.63) is 34.9 Å². The third-order valence-corrected chi connectivity index (χ3v) is 2.96. The maximum absolute atomic E-state index is 12.1. The van der Waals surface area contributed by atoms with E-state index in [2.05, 4.69) is 17.2 Å². The van der Waals surface area contributed by atoms with Crippen molar-refractivity contribution in [1.29, 1.82) is 0 Å². The molecule has 5 heteroatoms. The molecule has 2 amide bonds. The smallest absolute Gasteiger partial charge is 0.251 e. The van der Waals surface area contributed by atoms with Crippen LogP contribution in [0.15, 0.2) is 18.2 Å². The molecule has 1 rings (SSSR count). The lowest BCUT2D eigenvalue weighted by Crippen LogP contribution is -2.44. The van der Waals surface area contributed by atoms with Crippen LogP contribution in [0.3, 0.4) is 0 Å². The van der Waals surface area contributed by atoms with Gasteiger partial charge < -0.3 is 15.3 Å². The minimum absolute atomic E-state index is 0.171. The molecule has 0 fully saturated rings. The first-order valence-electron chi connectivity index (χ1n) is 6.59. The van der Waals surface area contributed by atoms with Crippen molar-refractivity contribution < 1.29 is 14.7 Å². The summed E-state index contributed by atoms with van der Waals surface area (Å²) in [6, 6.07) is 4.53. The fraction of sp³-hybridized carbons (Fsp3) is 0.375. The van der Waals surface area contributed by atoms with Crippen LogP contribution in [0.4, 0.5) is 0 Å². The molecule has 0 saturated heterocycles. The minimum atomic E-state index is -0.597. The summed E-state index contributed by atoms with van der Waals surface area (Å²) in [5, 5.41) is 11.4. The van der Waals surface area contributed by atoms with Gasteiger partial charge in [-0.2, -0.15) is 0 Å². The van der Waals surface area contributed by atoms with E-state index in [0.717, 1.165) is 5.56 Å². The van der Waals surface area contributed by atoms with Crippen LogP contribution in [0.2, 0.25) is 0 Å². The van der Waals surface area contributed by atoms with Gasteiger partial charge in [-0.15, -0.1) is 0 Å². The summed E-state index contributed by atoms with van der Waals surface area (Å²) in [4.78, 5) is 25.3. The largest absolute Gasteiger partial charge is 0.384 e. The van der Waals surface area contributed by atoms with E-state index < -0.39 is 6.04 Å². The molecule has 0 aliphatic rings. The van der Waals surface area contributed by atoms with E-state index in [0.29, 0.717) is 11.1 Å². The summed E-state index contributed by atoms with van der Waals surface area (Å²) in [7, 11) is 3.28. The first-order chi connectivity index (χ1) is 9.86. The zero-order valence-electron chi connectivity index (χ0n) is 12.7. The molecule has 1 aromatic carbocycles. The van der Waals surface area contributed by atoms with E-state index in [9.17, 15) is 9.59 Å². The molecule has 1 atom stereocenters. The lowest BCUT2D eigenvalue weighted by molar-refractivity contribution is -0.130. The van der Waals surface area contributed by atoms with Crippen LogP contribution in [0.5, 0.6) is 0 Å². The Kier molecular flexibility index (Phi) is 5.94. The molecule has 0 heterocycles. The number of hydrogen-bond donors (Lipinski definition) is 2. The standard InChI is InChI=1S/C16H20N2O3/c1-11-7-8-14(10-13(11)6-5-9-19)15(20)17-12(2)16(21)18(3)4/h7-8,10,12,19H,9H2,1-4H3,(H,17,20). The maximum atomic E-state index is 12.1. The molecule has 2 N–H and O–H groups in total. The van der Waals surface area contributed by atoms with Gasteiger partial charge >= 0.3 is 0 Å². The van der Waals surface area contributed by atoms with Gasteiger partial charge in [0.05, 0.1) is 0 Å². The number of nitrogens with zero attached hydrogens (tertiary/aromatic N) is 1. The summed E-state index contributed by atoms with van der Waals surface area (Å²) < 4.78 is 0. The van der Waals surface area contributed by atoms with Gasteiger partial charge in [-0.05, 0) is 31.5 Å². The molecular formula is C16H20N2O3. The molecule has 1 unspecified atom stereocenters. The Hall–Kier alpha value is -2.32. The molecule has 0 aliphatic heterocycles. The lowest BCUT2D eigenvalue weighted by Gasteiger charge is -2.18. The van der Waals surface area contributed by atoms with Crippen LogP contribution in [0.25, 0.3) is 0 Å². The molecule has 0 radical (unpaired) electrons. The Morgan fingerprint density at radius 3 is 2.62 bits per heavy atom. The molecule has 112 valence electrons. The summed E-state index contributed by atoms with van der Waals surface area (Å²) in [5.74, 6) is 4.86. The average molecular weight is 288 g/mol. The van der Waals surface area contributed by atoms with Crippen LogP contribution in [0.1, 0.15) is 28.4 Å². The van der Waals surface area contributed by atoms with Gasteiger partial charge in [-0.1, -0.05) is 17.9 Å². The van der Waals surface area contributed by atoms with Crippen LogP contribution >= 0.6 is 0 Å². The first kappa shape index (κ1) is 16.7. The number of rotatable bonds is 3. The van der Waals surface area contributed by atoms with Gasteiger partial charge in [0.15, 0.2) is 0 Å². The van der Waals surface area contributed by atoms with Crippen LogP contribution in [-0.2, 0) is 4.79 Å². The molecule has 0 bridgehead atoms. The second-order valence-corrected chi connectivity index (χ2v) is 4.92. The van der Waals surface area contributed by atoms with E-state index in [1.54, 1.807) is 39.2 Å². The monoisotopic (exact) mass is 288 g/mol. The number of carbonyl (C=O) groups excluding carboxylic acids is 2. The number of aliphatic hydroxyl groups excluding tert-OH is 1. The van der Waals surface area contributed by atoms with Crippen molar-refractivity contribution in [1.82, 2.24) is 10.2 Å². The molecule has 0 aromatic heterocycles. The zero-order valence-corrected chi connectivity index (χ0v) is 12.7. The molecular weight excluding hydrogens is 268 g/mol. The van der Waals surface area contributed by atoms with Gasteiger partial charge in [0.25, 0.3) is 5.91 Å². The van der Waals surface area contributed by atoms with E-state index >= 15 is 0 Å². The predicted molar refractivity (Wildman–Crippen MR) is 80.8 cm³/mol. The van der Waals surface area contributed by atoms with Crippen LogP contribution in [-0.4, -0.2) is 48.6 Å². The highest BCUT2D eigenvalue weighted by Gasteiger charge is 2.18. The lowest BCUT2D eigenvalue weighted by atomic mass is 10.0. The van der Waals surface area contributed by atoms with Crippen molar-refractivity contribution >= 4 is 11.8 Å². The van der Waals surface area contributed by atoms with E-state index in [-0.39, 0.29) is 18.4 Å². The number of likely N-dealkylation sites (N-methyl/N-ethyl adjacent to an activating group) is 1. The molecule has 21 heavy (non-hydrogen) atoms. The van der Waals surface area contributed by atoms with E-state index in [4.69, 9.17) is 5.11 Å². The fourth-order valence-corrected chi connectivity index (χ4v) is 1.76. The Morgan fingerprint density at radius 2 is 2.05 bits per heavy atom. The van der Waals surface area contributed by atoms with Crippen molar-refractivity contribution in [2.45, 2.75) is 19.9 Å². The average Bonchev–Trinajstić information content (AvgIpc) is 2.45. The van der Waals surface area contributed by atoms with Crippen molar-refractivity contribution in [2.75, 3.05) is 20.7 Å². The number of nitrogens with one attached hydrogen (secondary N) is 1. The topological polar surface area (TPSA) is 69.6 Å². The number of aliphatic hydroxyl groups is 1. The number of aryl methyl sites for hydroxylation is 1. The highest BCUT2D eigenvalue weighted by Crippen LogP contribution is 2.10. The summed E-state index contributed by atoms with van der Waals surface area (Å²) in [6.07, 6.45) is 0. The van der Waals surface area contributed by atoms with Crippen LogP contribution < -0.4 is 5.32 Å². The predicted octanol–water partition coefficient (Wildman–Crippen LogP) is 0.545. The summed E-state index contributed by atoms with van der Waals surface area (Å²) >= 11 is 0. The Labute approximate surface area is 125 Å². The van der Waals surface area contributed by atoms with Gasteiger partial charge in [-0.25, -0.2) is 0 Å². The highest BCUT2D eigenvalue weighted by atomic mass is 16.2. The SMILES string of the molecule is Cc1ccc(C(=O)NC(C)C(=O)N(C)C)cc1C#CCO. The van der Waals surface area contributed by atoms with Gasteiger partial charge in [-0.3, -0.25) is 9.59 Å². The second kappa shape index (κ2) is 7.46. The van der Waals surface area contributed by atoms with Gasteiger partial charge in [0.1, 0.15) is 12.6 Å². The number of hydrogen-bond acceptors (Lipinski definition) is 3. The summed E-state index contributed by atoms with van der Waals surface area (Å²) in [5.41, 5.74) is 2.04. The Balaban J connectivity index is 2.91. The van der Waals surface area contributed by atoms with Gasteiger partial charge in [0.2, 0.25) is 5.91 Å². The molecule has 0 aliphatic carbocycles. The van der Waals surface area contributed by atoms with Gasteiger partial charge in [0, 0.05) is 25.2 Å². The molecule has 0 spiro atoms. The number of benzene rings is 1. The zero-order chi connectivity index (χ0) is 16.0. The van der Waals surface area contributed by atoms with Crippen molar-refractivity contribution in [2.24, 2.45) is 0 Å². The Bertz CT molecular complexity index is 597. The molecule has 1 aromatic rings. The van der Waals surface area contributed by atoms with Crippen molar-refractivity contribution in [3.8, 4) is 11.8 Å². The third-order valence-electron chi connectivity index (χ3n) is 2.96. The maximum Gasteiger partial charge on any atom is 0.251 e. The minimum Gasteiger partial charge on any atom is -0.384 e. The molecule has 0 saturated carbocycles. The second-order valence-electron chi connectivity index (χ2n) is 4.92. The third kappa shape index (κ3) is 4.62. The highest BCUT2D eigenvalue weighted by molar-refractivity contribution is 5.97. The Morgan fingerprint density at radius 1 is 1.38 bits per heavy atom. The molecule has 5 nitrogen and oxygen atoms in total. The normalized spacial score (nSPS) is 11.1. The quantitative estimate of drug-likeness (QED) is 0.798.